The van der Waals surface area contributed by atoms with E-state index in [2.05, 4.69) is 71.6 Å². The lowest BCUT2D eigenvalue weighted by molar-refractivity contribution is -0.131. The van der Waals surface area contributed by atoms with Crippen LogP contribution in [-0.4, -0.2) is 47.8 Å². The molecular formula is C29H31N3O2. The van der Waals surface area contributed by atoms with Crippen LogP contribution in [0.15, 0.2) is 78.9 Å². The second-order valence-electron chi connectivity index (χ2n) is 9.48. The minimum atomic E-state index is -0.139. The third-order valence-electron chi connectivity index (χ3n) is 6.96. The number of likely N-dealkylation sites (N-methyl/N-ethyl adjacent to an activating group) is 1. The number of hydrogen-bond donors (Lipinski definition) is 0. The summed E-state index contributed by atoms with van der Waals surface area (Å²) in [5.41, 5.74) is 5.78. The molecule has 2 aliphatic rings. The Morgan fingerprint density at radius 3 is 1.97 bits per heavy atom. The lowest BCUT2D eigenvalue weighted by Crippen LogP contribution is -2.53. The quantitative estimate of drug-likeness (QED) is 0.528. The van der Waals surface area contributed by atoms with Crippen LogP contribution in [0.1, 0.15) is 28.7 Å². The van der Waals surface area contributed by atoms with Crippen molar-refractivity contribution in [3.8, 4) is 0 Å². The van der Waals surface area contributed by atoms with Gasteiger partial charge in [0.15, 0.2) is 0 Å². The van der Waals surface area contributed by atoms with Gasteiger partial charge >= 0.3 is 0 Å². The highest BCUT2D eigenvalue weighted by Crippen LogP contribution is 2.34. The Morgan fingerprint density at radius 1 is 0.794 bits per heavy atom. The molecule has 0 N–H and O–H groups in total. The molecule has 5 rings (SSSR count). The van der Waals surface area contributed by atoms with E-state index in [1.807, 2.05) is 19.2 Å². The van der Waals surface area contributed by atoms with Gasteiger partial charge in [-0.25, -0.2) is 4.90 Å². The molecule has 1 saturated heterocycles. The summed E-state index contributed by atoms with van der Waals surface area (Å²) in [5.74, 6) is -0.278. The third-order valence-corrected chi connectivity index (χ3v) is 6.96. The zero-order valence-electron chi connectivity index (χ0n) is 19.7. The monoisotopic (exact) mass is 453 g/mol. The lowest BCUT2D eigenvalue weighted by Gasteiger charge is -2.38. The summed E-state index contributed by atoms with van der Waals surface area (Å²) < 4.78 is 0. The van der Waals surface area contributed by atoms with E-state index in [4.69, 9.17) is 0 Å². The molecule has 1 atom stereocenters. The van der Waals surface area contributed by atoms with Gasteiger partial charge in [0.2, 0.25) is 11.8 Å². The fourth-order valence-corrected chi connectivity index (χ4v) is 5.29. The maximum atomic E-state index is 12.9. The fourth-order valence-electron chi connectivity index (χ4n) is 5.29. The number of rotatable bonds is 6. The van der Waals surface area contributed by atoms with Crippen molar-refractivity contribution in [2.24, 2.45) is 0 Å². The van der Waals surface area contributed by atoms with Gasteiger partial charge in [-0.15, -0.1) is 0 Å². The summed E-state index contributed by atoms with van der Waals surface area (Å²) in [7, 11) is 1.81. The van der Waals surface area contributed by atoms with Crippen LogP contribution in [0, 0.1) is 0 Å². The zero-order chi connectivity index (χ0) is 23.5. The summed E-state index contributed by atoms with van der Waals surface area (Å²) in [6.07, 6.45) is 2.84. The maximum absolute atomic E-state index is 12.9. The Labute approximate surface area is 201 Å². The number of amides is 2. The summed E-state index contributed by atoms with van der Waals surface area (Å²) in [6, 6.07) is 27.6. The Kier molecular flexibility index (Phi) is 6.57. The Hall–Kier alpha value is -3.28. The van der Waals surface area contributed by atoms with Gasteiger partial charge < -0.3 is 0 Å². The highest BCUT2D eigenvalue weighted by atomic mass is 16.2. The fraction of sp³-hybridized carbons (Fsp3) is 0.310. The molecule has 3 aromatic rings. The molecular weight excluding hydrogens is 422 g/mol. The molecule has 0 unspecified atom stereocenters. The van der Waals surface area contributed by atoms with Crippen LogP contribution in [0.4, 0.5) is 5.69 Å². The predicted octanol–water partition coefficient (Wildman–Crippen LogP) is 4.05. The normalized spacial score (nSPS) is 18.9. The van der Waals surface area contributed by atoms with Crippen LogP contribution >= 0.6 is 0 Å². The molecule has 0 spiro atoms. The van der Waals surface area contributed by atoms with Crippen molar-refractivity contribution in [2.75, 3.05) is 25.0 Å². The molecule has 0 radical (unpaired) electrons. The summed E-state index contributed by atoms with van der Waals surface area (Å²) in [5, 5.41) is 0. The number of piperazine rings is 1. The molecule has 34 heavy (non-hydrogen) atoms. The lowest BCUT2D eigenvalue weighted by atomic mass is 9.85. The number of imide groups is 1. The van der Waals surface area contributed by atoms with Crippen molar-refractivity contribution < 1.29 is 9.59 Å². The first-order chi connectivity index (χ1) is 16.6. The molecule has 2 amide bonds. The van der Waals surface area contributed by atoms with Gasteiger partial charge in [0, 0.05) is 19.1 Å². The number of anilines is 1. The van der Waals surface area contributed by atoms with Crippen LogP contribution in [0.3, 0.4) is 0 Å². The van der Waals surface area contributed by atoms with Crippen molar-refractivity contribution in [1.82, 2.24) is 9.80 Å². The predicted molar refractivity (Wildman–Crippen MR) is 134 cm³/mol. The van der Waals surface area contributed by atoms with Crippen molar-refractivity contribution >= 4 is 17.5 Å². The number of carbonyl (C=O) groups is 2. The zero-order valence-corrected chi connectivity index (χ0v) is 19.7. The Morgan fingerprint density at radius 2 is 1.38 bits per heavy atom. The standard InChI is InChI=1S/C29H31N3O2/c1-30-20-28(33)32(29(34)21-30)27-14-8-13-24-15-16-25(17-26(24)27)31(18-22-9-4-2-5-10-22)19-23-11-6-3-7-12-23/h2-14,25H,15-21H2,1H3/t25-/m1/s1. The minimum absolute atomic E-state index is 0.139. The van der Waals surface area contributed by atoms with Gasteiger partial charge in [-0.05, 0) is 54.6 Å². The average Bonchev–Trinajstić information content (AvgIpc) is 2.84. The van der Waals surface area contributed by atoms with Crippen molar-refractivity contribution in [3.63, 3.8) is 0 Å². The Balaban J connectivity index is 1.45. The molecule has 0 saturated carbocycles. The van der Waals surface area contributed by atoms with Gasteiger partial charge in [0.1, 0.15) is 0 Å². The minimum Gasteiger partial charge on any atom is -0.292 e. The highest BCUT2D eigenvalue weighted by molar-refractivity contribution is 6.18. The molecule has 1 aliphatic heterocycles. The van der Waals surface area contributed by atoms with Gasteiger partial charge in [-0.1, -0.05) is 72.8 Å². The largest absolute Gasteiger partial charge is 0.292 e. The molecule has 174 valence electrons. The Bertz CT molecular complexity index is 1100. The molecule has 1 fully saturated rings. The van der Waals surface area contributed by atoms with E-state index in [0.29, 0.717) is 6.04 Å². The van der Waals surface area contributed by atoms with Gasteiger partial charge in [0.05, 0.1) is 18.8 Å². The molecule has 1 aliphatic carbocycles. The maximum Gasteiger partial charge on any atom is 0.247 e. The highest BCUT2D eigenvalue weighted by Gasteiger charge is 2.34. The molecule has 0 aromatic heterocycles. The number of nitrogens with zero attached hydrogens (tertiary/aromatic N) is 3. The number of aryl methyl sites for hydroxylation is 1. The summed E-state index contributed by atoms with van der Waals surface area (Å²) >= 11 is 0. The average molecular weight is 454 g/mol. The first kappa shape index (κ1) is 22.5. The number of benzene rings is 3. The molecule has 5 nitrogen and oxygen atoms in total. The second kappa shape index (κ2) is 9.92. The van der Waals surface area contributed by atoms with E-state index in [-0.39, 0.29) is 24.9 Å². The van der Waals surface area contributed by atoms with E-state index in [0.717, 1.165) is 43.6 Å². The van der Waals surface area contributed by atoms with Crippen LogP contribution < -0.4 is 4.90 Å². The van der Waals surface area contributed by atoms with Gasteiger partial charge in [-0.3, -0.25) is 19.4 Å². The van der Waals surface area contributed by atoms with E-state index in [1.54, 1.807) is 4.90 Å². The van der Waals surface area contributed by atoms with Crippen molar-refractivity contribution in [3.05, 3.63) is 101 Å². The van der Waals surface area contributed by atoms with E-state index >= 15 is 0 Å². The van der Waals surface area contributed by atoms with Crippen molar-refractivity contribution in [2.45, 2.75) is 38.4 Å². The molecule has 0 bridgehead atoms. The second-order valence-corrected chi connectivity index (χ2v) is 9.48. The number of fused-ring (bicyclic) bond motifs is 1. The van der Waals surface area contributed by atoms with E-state index in [9.17, 15) is 9.59 Å². The first-order valence-electron chi connectivity index (χ1n) is 12.1. The first-order valence-corrected chi connectivity index (χ1v) is 12.1. The summed E-state index contributed by atoms with van der Waals surface area (Å²) in [4.78, 5) is 31.5. The molecule has 3 aromatic carbocycles. The van der Waals surface area contributed by atoms with E-state index < -0.39 is 0 Å². The van der Waals surface area contributed by atoms with Crippen LogP contribution in [0.2, 0.25) is 0 Å². The van der Waals surface area contributed by atoms with Crippen LogP contribution in [0.25, 0.3) is 0 Å². The van der Waals surface area contributed by atoms with Gasteiger partial charge in [-0.2, -0.15) is 0 Å². The topological polar surface area (TPSA) is 43.9 Å². The van der Waals surface area contributed by atoms with Gasteiger partial charge in [0.25, 0.3) is 0 Å². The molecule has 5 heteroatoms. The SMILES string of the molecule is CN1CC(=O)N(c2cccc3c2C[C@H](N(Cc2ccccc2)Cc2ccccc2)CC3)C(=O)C1. The molecule has 1 heterocycles. The summed E-state index contributed by atoms with van der Waals surface area (Å²) in [6.45, 7) is 2.27. The van der Waals surface area contributed by atoms with E-state index in [1.165, 1.54) is 21.6 Å². The van der Waals surface area contributed by atoms with Crippen LogP contribution in [0.5, 0.6) is 0 Å². The third kappa shape index (κ3) is 4.81. The number of hydrogen-bond acceptors (Lipinski definition) is 4. The van der Waals surface area contributed by atoms with Crippen LogP contribution in [-0.2, 0) is 35.5 Å². The van der Waals surface area contributed by atoms with Crippen molar-refractivity contribution in [1.29, 1.82) is 0 Å². The number of carbonyl (C=O) groups excluding carboxylic acids is 2. The smallest absolute Gasteiger partial charge is 0.247 e.